The molecule has 0 spiro atoms. The van der Waals surface area contributed by atoms with Gasteiger partial charge in [0.2, 0.25) is 0 Å². The Hall–Kier alpha value is -0.740. The Kier molecular flexibility index (Phi) is 6.37. The molecule has 0 radical (unpaired) electrons. The smallest absolute Gasteiger partial charge is 0.161 e. The van der Waals surface area contributed by atoms with Gasteiger partial charge in [-0.2, -0.15) is 0 Å². The highest BCUT2D eigenvalue weighted by Crippen LogP contribution is 2.33. The van der Waals surface area contributed by atoms with Crippen LogP contribution in [0.2, 0.25) is 0 Å². The quantitative estimate of drug-likeness (QED) is 0.693. The van der Waals surface area contributed by atoms with Gasteiger partial charge in [-0.1, -0.05) is 22.9 Å². The summed E-state index contributed by atoms with van der Waals surface area (Å²) >= 11 is 3.53. The van der Waals surface area contributed by atoms with Gasteiger partial charge in [0.1, 0.15) is 0 Å². The zero-order valence-electron chi connectivity index (χ0n) is 13.3. The molecule has 1 aromatic rings. The average molecular weight is 356 g/mol. The molecule has 1 aliphatic heterocycles. The van der Waals surface area contributed by atoms with Crippen LogP contribution < -0.4 is 9.47 Å². The van der Waals surface area contributed by atoms with Gasteiger partial charge in [0.05, 0.1) is 14.2 Å². The van der Waals surface area contributed by atoms with Gasteiger partial charge in [-0.25, -0.2) is 0 Å². The average Bonchev–Trinajstić information content (AvgIpc) is 2.51. The van der Waals surface area contributed by atoms with Crippen LogP contribution in [-0.2, 0) is 13.0 Å². The molecule has 118 valence electrons. The van der Waals surface area contributed by atoms with Gasteiger partial charge in [-0.3, -0.25) is 4.90 Å². The molecule has 1 heterocycles. The van der Waals surface area contributed by atoms with E-state index >= 15 is 0 Å². The fourth-order valence-corrected chi connectivity index (χ4v) is 3.65. The van der Waals surface area contributed by atoms with Gasteiger partial charge in [0, 0.05) is 18.4 Å². The molecule has 0 aliphatic carbocycles. The zero-order chi connectivity index (χ0) is 15.2. The van der Waals surface area contributed by atoms with Crippen molar-refractivity contribution in [3.63, 3.8) is 0 Å². The lowest BCUT2D eigenvalue weighted by atomic mass is 9.97. The molecule has 1 aromatic carbocycles. The number of halogens is 1. The second kappa shape index (κ2) is 8.04. The molecule has 2 rings (SSSR count). The SMILES string of the molecule is COc1cc2c(cc1OC)CN(CCC(C)CCBr)CC2. The van der Waals surface area contributed by atoms with Crippen molar-refractivity contribution >= 4 is 15.9 Å². The molecule has 0 N–H and O–H groups in total. The summed E-state index contributed by atoms with van der Waals surface area (Å²) in [5, 5.41) is 1.11. The third-order valence-electron chi connectivity index (χ3n) is 4.34. The van der Waals surface area contributed by atoms with Crippen LogP contribution in [0.5, 0.6) is 11.5 Å². The van der Waals surface area contributed by atoms with Crippen molar-refractivity contribution in [3.8, 4) is 11.5 Å². The van der Waals surface area contributed by atoms with E-state index in [-0.39, 0.29) is 0 Å². The highest BCUT2D eigenvalue weighted by atomic mass is 79.9. The van der Waals surface area contributed by atoms with Crippen molar-refractivity contribution < 1.29 is 9.47 Å². The molecular formula is C17H26BrNO2. The van der Waals surface area contributed by atoms with Gasteiger partial charge < -0.3 is 9.47 Å². The summed E-state index contributed by atoms with van der Waals surface area (Å²) in [6, 6.07) is 4.28. The van der Waals surface area contributed by atoms with Crippen LogP contribution in [0.1, 0.15) is 30.9 Å². The van der Waals surface area contributed by atoms with Crippen LogP contribution in [0, 0.1) is 5.92 Å². The standard InChI is InChI=1S/C17H26BrNO2/c1-13(4-7-18)5-8-19-9-6-14-10-16(20-2)17(21-3)11-15(14)12-19/h10-11,13H,4-9,12H2,1-3H3. The fourth-order valence-electron chi connectivity index (χ4n) is 2.87. The predicted octanol–water partition coefficient (Wildman–Crippen LogP) is 3.87. The molecule has 0 saturated heterocycles. The van der Waals surface area contributed by atoms with Gasteiger partial charge in [0.15, 0.2) is 11.5 Å². The van der Waals surface area contributed by atoms with Gasteiger partial charge >= 0.3 is 0 Å². The van der Waals surface area contributed by atoms with Crippen LogP contribution in [0.25, 0.3) is 0 Å². The van der Waals surface area contributed by atoms with Crippen molar-refractivity contribution in [2.24, 2.45) is 5.92 Å². The molecule has 4 heteroatoms. The Bertz CT molecular complexity index is 464. The number of methoxy groups -OCH3 is 2. The molecule has 3 nitrogen and oxygen atoms in total. The van der Waals surface area contributed by atoms with Gasteiger partial charge in [-0.05, 0) is 55.0 Å². The lowest BCUT2D eigenvalue weighted by molar-refractivity contribution is 0.234. The molecule has 0 amide bonds. The second-order valence-electron chi connectivity index (χ2n) is 5.87. The first-order valence-corrected chi connectivity index (χ1v) is 8.82. The Labute approximate surface area is 136 Å². The van der Waals surface area contributed by atoms with Crippen molar-refractivity contribution in [3.05, 3.63) is 23.3 Å². The number of rotatable bonds is 7. The molecule has 0 aromatic heterocycles. The first-order chi connectivity index (χ1) is 10.2. The van der Waals surface area contributed by atoms with E-state index in [2.05, 4.69) is 39.9 Å². The molecule has 0 saturated carbocycles. The minimum absolute atomic E-state index is 0.788. The third kappa shape index (κ3) is 4.36. The third-order valence-corrected chi connectivity index (χ3v) is 4.79. The molecule has 1 aliphatic rings. The summed E-state index contributed by atoms with van der Waals surface area (Å²) in [6.45, 7) is 5.69. The van der Waals surface area contributed by atoms with E-state index in [9.17, 15) is 0 Å². The van der Waals surface area contributed by atoms with Crippen LogP contribution in [0.4, 0.5) is 0 Å². The number of alkyl halides is 1. The zero-order valence-corrected chi connectivity index (χ0v) is 14.9. The minimum atomic E-state index is 0.788. The Morgan fingerprint density at radius 1 is 1.14 bits per heavy atom. The minimum Gasteiger partial charge on any atom is -0.493 e. The highest BCUT2D eigenvalue weighted by molar-refractivity contribution is 9.09. The summed E-state index contributed by atoms with van der Waals surface area (Å²) in [7, 11) is 3.40. The summed E-state index contributed by atoms with van der Waals surface area (Å²) < 4.78 is 10.8. The largest absolute Gasteiger partial charge is 0.493 e. The molecule has 21 heavy (non-hydrogen) atoms. The van der Waals surface area contributed by atoms with Crippen molar-refractivity contribution in [1.29, 1.82) is 0 Å². The van der Waals surface area contributed by atoms with Crippen LogP contribution in [-0.4, -0.2) is 37.5 Å². The molecule has 1 atom stereocenters. The van der Waals surface area contributed by atoms with Crippen molar-refractivity contribution in [2.45, 2.75) is 32.7 Å². The van der Waals surface area contributed by atoms with E-state index in [4.69, 9.17) is 9.47 Å². The van der Waals surface area contributed by atoms with Crippen LogP contribution in [0.3, 0.4) is 0 Å². The predicted molar refractivity (Wildman–Crippen MR) is 90.7 cm³/mol. The van der Waals surface area contributed by atoms with Crippen LogP contribution in [0.15, 0.2) is 12.1 Å². The second-order valence-corrected chi connectivity index (χ2v) is 6.67. The Morgan fingerprint density at radius 2 is 1.81 bits per heavy atom. The number of hydrogen-bond donors (Lipinski definition) is 0. The summed E-state index contributed by atoms with van der Waals surface area (Å²) in [5.41, 5.74) is 2.78. The van der Waals surface area contributed by atoms with Crippen molar-refractivity contribution in [1.82, 2.24) is 4.90 Å². The molecular weight excluding hydrogens is 330 g/mol. The number of benzene rings is 1. The summed E-state index contributed by atoms with van der Waals surface area (Å²) in [4.78, 5) is 2.55. The normalized spacial score (nSPS) is 16.4. The Balaban J connectivity index is 1.99. The molecule has 1 unspecified atom stereocenters. The molecule has 0 bridgehead atoms. The number of hydrogen-bond acceptors (Lipinski definition) is 3. The topological polar surface area (TPSA) is 21.7 Å². The Morgan fingerprint density at radius 3 is 2.43 bits per heavy atom. The summed E-state index contributed by atoms with van der Waals surface area (Å²) in [5.74, 6) is 2.47. The number of ether oxygens (including phenoxy) is 2. The first kappa shape index (κ1) is 16.6. The lowest BCUT2D eigenvalue weighted by Gasteiger charge is -2.30. The maximum absolute atomic E-state index is 5.42. The molecule has 0 fully saturated rings. The van der Waals surface area contributed by atoms with E-state index < -0.39 is 0 Å². The first-order valence-electron chi connectivity index (χ1n) is 7.70. The highest BCUT2D eigenvalue weighted by Gasteiger charge is 2.19. The fraction of sp³-hybridized carbons (Fsp3) is 0.647. The number of nitrogens with zero attached hydrogens (tertiary/aromatic N) is 1. The van der Waals surface area contributed by atoms with Crippen molar-refractivity contribution in [2.75, 3.05) is 32.6 Å². The lowest BCUT2D eigenvalue weighted by Crippen LogP contribution is -2.32. The van der Waals surface area contributed by atoms with E-state index in [0.717, 1.165) is 42.3 Å². The monoisotopic (exact) mass is 355 g/mol. The van der Waals surface area contributed by atoms with E-state index in [1.165, 1.54) is 30.5 Å². The van der Waals surface area contributed by atoms with E-state index in [0.29, 0.717) is 0 Å². The maximum Gasteiger partial charge on any atom is 0.161 e. The van der Waals surface area contributed by atoms with E-state index in [1.54, 1.807) is 14.2 Å². The number of fused-ring (bicyclic) bond motifs is 1. The van der Waals surface area contributed by atoms with Crippen LogP contribution >= 0.6 is 15.9 Å². The summed E-state index contributed by atoms with van der Waals surface area (Å²) in [6.07, 6.45) is 3.63. The van der Waals surface area contributed by atoms with Gasteiger partial charge in [0.25, 0.3) is 0 Å². The maximum atomic E-state index is 5.42. The van der Waals surface area contributed by atoms with Gasteiger partial charge in [-0.15, -0.1) is 0 Å². The van der Waals surface area contributed by atoms with E-state index in [1.807, 2.05) is 0 Å².